The summed E-state index contributed by atoms with van der Waals surface area (Å²) < 4.78 is 10.5. The van der Waals surface area contributed by atoms with E-state index in [2.05, 4.69) is 5.32 Å². The van der Waals surface area contributed by atoms with Gasteiger partial charge in [-0.05, 0) is 25.5 Å². The normalized spacial score (nSPS) is 14.0. The minimum absolute atomic E-state index is 0.0408. The van der Waals surface area contributed by atoms with Crippen molar-refractivity contribution >= 4 is 0 Å². The number of hydrogen-bond acceptors (Lipinski definition) is 5. The second kappa shape index (κ2) is 9.72. The van der Waals surface area contributed by atoms with E-state index in [1.54, 1.807) is 7.11 Å². The van der Waals surface area contributed by atoms with Crippen molar-refractivity contribution in [1.82, 2.24) is 5.32 Å². The molecule has 1 aromatic carbocycles. The molecule has 0 heterocycles. The monoisotopic (exact) mass is 283 g/mol. The summed E-state index contributed by atoms with van der Waals surface area (Å²) in [7, 11) is 1.61. The van der Waals surface area contributed by atoms with Gasteiger partial charge in [-0.25, -0.2) is 0 Å². The Kier molecular flexibility index (Phi) is 8.22. The van der Waals surface area contributed by atoms with Crippen LogP contribution in [-0.4, -0.2) is 55.8 Å². The molecule has 5 nitrogen and oxygen atoms in total. The van der Waals surface area contributed by atoms with Crippen LogP contribution in [0.2, 0.25) is 0 Å². The highest BCUT2D eigenvalue weighted by atomic mass is 16.5. The molecule has 1 rings (SSSR count). The summed E-state index contributed by atoms with van der Waals surface area (Å²) in [4.78, 5) is 0. The zero-order valence-electron chi connectivity index (χ0n) is 12.2. The Labute approximate surface area is 120 Å². The number of rotatable bonds is 10. The highest BCUT2D eigenvalue weighted by molar-refractivity contribution is 5.26. The number of hydrogen-bond donors (Lipinski definition) is 3. The molecule has 0 fully saturated rings. The second-order valence-corrected chi connectivity index (χ2v) is 4.85. The van der Waals surface area contributed by atoms with E-state index >= 15 is 0 Å². The summed E-state index contributed by atoms with van der Waals surface area (Å²) in [5.74, 6) is 0.749. The van der Waals surface area contributed by atoms with Crippen LogP contribution in [-0.2, 0) is 4.74 Å². The Bertz CT molecular complexity index is 349. The quantitative estimate of drug-likeness (QED) is 0.590. The molecule has 0 spiro atoms. The average molecular weight is 283 g/mol. The number of nitrogens with one attached hydrogen (secondary N) is 1. The summed E-state index contributed by atoms with van der Waals surface area (Å²) >= 11 is 0. The van der Waals surface area contributed by atoms with Gasteiger partial charge in [-0.3, -0.25) is 0 Å². The Morgan fingerprint density at radius 2 is 1.90 bits per heavy atom. The highest BCUT2D eigenvalue weighted by Crippen LogP contribution is 2.11. The molecule has 114 valence electrons. The lowest BCUT2D eigenvalue weighted by Crippen LogP contribution is -2.40. The van der Waals surface area contributed by atoms with Crippen LogP contribution in [0.1, 0.15) is 12.0 Å². The third-order valence-electron chi connectivity index (χ3n) is 2.95. The van der Waals surface area contributed by atoms with Gasteiger partial charge in [-0.2, -0.15) is 0 Å². The van der Waals surface area contributed by atoms with Crippen LogP contribution >= 0.6 is 0 Å². The third kappa shape index (κ3) is 6.86. The number of ether oxygens (including phenoxy) is 2. The second-order valence-electron chi connectivity index (χ2n) is 4.85. The summed E-state index contributed by atoms with van der Waals surface area (Å²) in [5.41, 5.74) is 1.17. The number of aryl methyl sites for hydroxylation is 1. The number of benzene rings is 1. The molecule has 0 aliphatic heterocycles. The predicted octanol–water partition coefficient (Wildman–Crippen LogP) is 0.722. The smallest absolute Gasteiger partial charge is 0.119 e. The van der Waals surface area contributed by atoms with Crippen LogP contribution in [0.3, 0.4) is 0 Å². The Hall–Kier alpha value is -1.14. The average Bonchev–Trinajstić information content (AvgIpc) is 2.44. The fourth-order valence-electron chi connectivity index (χ4n) is 1.79. The Morgan fingerprint density at radius 1 is 1.20 bits per heavy atom. The van der Waals surface area contributed by atoms with Crippen molar-refractivity contribution in [3.63, 3.8) is 0 Å². The lowest BCUT2D eigenvalue weighted by Gasteiger charge is -2.19. The summed E-state index contributed by atoms with van der Waals surface area (Å²) in [6, 6.07) is 7.74. The van der Waals surface area contributed by atoms with Crippen LogP contribution in [0.15, 0.2) is 24.3 Å². The molecule has 0 radical (unpaired) electrons. The van der Waals surface area contributed by atoms with Gasteiger partial charge in [-0.15, -0.1) is 0 Å². The molecular weight excluding hydrogens is 258 g/mol. The van der Waals surface area contributed by atoms with Crippen molar-refractivity contribution in [3.8, 4) is 5.75 Å². The number of aliphatic hydroxyl groups excluding tert-OH is 2. The van der Waals surface area contributed by atoms with E-state index in [9.17, 15) is 5.11 Å². The van der Waals surface area contributed by atoms with Crippen LogP contribution in [0, 0.1) is 6.92 Å². The topological polar surface area (TPSA) is 71.0 Å². The van der Waals surface area contributed by atoms with Gasteiger partial charge in [0.1, 0.15) is 18.5 Å². The minimum atomic E-state index is -0.602. The van der Waals surface area contributed by atoms with E-state index in [4.69, 9.17) is 14.6 Å². The molecule has 1 aromatic rings. The number of aliphatic hydroxyl groups is 2. The van der Waals surface area contributed by atoms with Gasteiger partial charge in [0.05, 0.1) is 6.61 Å². The first kappa shape index (κ1) is 16.9. The minimum Gasteiger partial charge on any atom is -0.491 e. The van der Waals surface area contributed by atoms with Gasteiger partial charge in [-0.1, -0.05) is 17.7 Å². The van der Waals surface area contributed by atoms with Crippen LogP contribution in [0.4, 0.5) is 0 Å². The SMILES string of the molecule is COCC(CCO)NCC(O)COc1ccc(C)cc1. The summed E-state index contributed by atoms with van der Waals surface area (Å²) in [6.45, 7) is 3.25. The van der Waals surface area contributed by atoms with Crippen LogP contribution in [0.25, 0.3) is 0 Å². The molecule has 0 bridgehead atoms. The molecular formula is C15H25NO4. The van der Waals surface area contributed by atoms with Crippen molar-refractivity contribution in [2.24, 2.45) is 0 Å². The zero-order chi connectivity index (χ0) is 14.8. The van der Waals surface area contributed by atoms with Crippen LogP contribution in [0.5, 0.6) is 5.75 Å². The molecule has 2 atom stereocenters. The highest BCUT2D eigenvalue weighted by Gasteiger charge is 2.11. The van der Waals surface area contributed by atoms with Gasteiger partial charge in [0.25, 0.3) is 0 Å². The van der Waals surface area contributed by atoms with Crippen LogP contribution < -0.4 is 10.1 Å². The first-order valence-electron chi connectivity index (χ1n) is 6.86. The van der Waals surface area contributed by atoms with E-state index in [0.29, 0.717) is 19.6 Å². The van der Waals surface area contributed by atoms with E-state index < -0.39 is 6.10 Å². The molecule has 20 heavy (non-hydrogen) atoms. The molecule has 3 N–H and O–H groups in total. The molecule has 0 saturated carbocycles. The maximum atomic E-state index is 9.86. The molecule has 0 saturated heterocycles. The van der Waals surface area contributed by atoms with E-state index in [-0.39, 0.29) is 19.3 Å². The maximum Gasteiger partial charge on any atom is 0.119 e. The standard InChI is InChI=1S/C15H25NO4/c1-12-3-5-15(6-4-12)20-11-14(18)9-16-13(7-8-17)10-19-2/h3-6,13-14,16-18H,7-11H2,1-2H3. The Morgan fingerprint density at radius 3 is 2.50 bits per heavy atom. The van der Waals surface area contributed by atoms with Gasteiger partial charge < -0.3 is 25.0 Å². The fourth-order valence-corrected chi connectivity index (χ4v) is 1.79. The van der Waals surface area contributed by atoms with Crippen molar-refractivity contribution in [1.29, 1.82) is 0 Å². The maximum absolute atomic E-state index is 9.86. The lowest BCUT2D eigenvalue weighted by molar-refractivity contribution is 0.0919. The fraction of sp³-hybridized carbons (Fsp3) is 0.600. The summed E-state index contributed by atoms with van der Waals surface area (Å²) in [6.07, 6.45) is -0.00585. The van der Waals surface area contributed by atoms with Crippen molar-refractivity contribution < 1.29 is 19.7 Å². The van der Waals surface area contributed by atoms with Gasteiger partial charge in [0.15, 0.2) is 0 Å². The Balaban J connectivity index is 2.25. The largest absolute Gasteiger partial charge is 0.491 e. The van der Waals surface area contributed by atoms with E-state index in [0.717, 1.165) is 5.75 Å². The van der Waals surface area contributed by atoms with Crippen molar-refractivity contribution in [2.45, 2.75) is 25.5 Å². The third-order valence-corrected chi connectivity index (χ3v) is 2.95. The molecule has 5 heteroatoms. The van der Waals surface area contributed by atoms with Crippen molar-refractivity contribution in [3.05, 3.63) is 29.8 Å². The lowest BCUT2D eigenvalue weighted by atomic mass is 10.2. The first-order valence-corrected chi connectivity index (χ1v) is 6.86. The van der Waals surface area contributed by atoms with Gasteiger partial charge in [0.2, 0.25) is 0 Å². The van der Waals surface area contributed by atoms with E-state index in [1.165, 1.54) is 5.56 Å². The molecule has 0 aliphatic carbocycles. The van der Waals surface area contributed by atoms with Gasteiger partial charge >= 0.3 is 0 Å². The molecule has 0 amide bonds. The summed E-state index contributed by atoms with van der Waals surface area (Å²) in [5, 5.41) is 21.9. The molecule has 0 aromatic heterocycles. The first-order chi connectivity index (χ1) is 9.65. The molecule has 2 unspecified atom stereocenters. The van der Waals surface area contributed by atoms with Gasteiger partial charge in [0, 0.05) is 26.3 Å². The predicted molar refractivity (Wildman–Crippen MR) is 78.1 cm³/mol. The number of methoxy groups -OCH3 is 1. The van der Waals surface area contributed by atoms with Crippen molar-refractivity contribution in [2.75, 3.05) is 33.5 Å². The molecule has 0 aliphatic rings. The van der Waals surface area contributed by atoms with E-state index in [1.807, 2.05) is 31.2 Å². The zero-order valence-corrected chi connectivity index (χ0v) is 12.2.